The number of halogens is 1. The Morgan fingerprint density at radius 2 is 1.88 bits per heavy atom. The summed E-state index contributed by atoms with van der Waals surface area (Å²) < 4.78 is 0. The Morgan fingerprint density at radius 3 is 2.35 bits per heavy atom. The molecule has 1 aromatic carbocycles. The van der Waals surface area contributed by atoms with E-state index in [9.17, 15) is 15.3 Å². The van der Waals surface area contributed by atoms with Crippen molar-refractivity contribution in [3.63, 3.8) is 0 Å². The molecule has 1 aromatic rings. The first kappa shape index (κ1) is 12.6. The van der Waals surface area contributed by atoms with Gasteiger partial charge in [-0.15, -0.1) is 0 Å². The first-order chi connectivity index (χ1) is 7.99. The lowest BCUT2D eigenvalue weighted by Gasteiger charge is -2.20. The largest absolute Gasteiger partial charge is 0.389 e. The third-order valence-electron chi connectivity index (χ3n) is 3.05. The standard InChI is InChI=1S/C12H16ClNO3/c1-7(15)8-2-3-10(9(13)4-8)14-5-11(16)12(17)6-14/h2-4,7,11-12,15-17H,5-6H2,1H3. The fraction of sp³-hybridized carbons (Fsp3) is 0.500. The Hall–Kier alpha value is -0.810. The molecule has 0 aromatic heterocycles. The highest BCUT2D eigenvalue weighted by Crippen LogP contribution is 2.31. The SMILES string of the molecule is CC(O)c1ccc(N2CC(O)C(O)C2)c(Cl)c1. The van der Waals surface area contributed by atoms with Crippen LogP contribution in [0.2, 0.25) is 5.02 Å². The Morgan fingerprint density at radius 1 is 1.29 bits per heavy atom. The average Bonchev–Trinajstić information content (AvgIpc) is 2.58. The van der Waals surface area contributed by atoms with E-state index >= 15 is 0 Å². The van der Waals surface area contributed by atoms with Crippen molar-refractivity contribution in [1.29, 1.82) is 0 Å². The molecule has 1 aliphatic rings. The third-order valence-corrected chi connectivity index (χ3v) is 3.36. The lowest BCUT2D eigenvalue weighted by atomic mass is 10.1. The van der Waals surface area contributed by atoms with Gasteiger partial charge in [0.25, 0.3) is 0 Å². The summed E-state index contributed by atoms with van der Waals surface area (Å²) in [4.78, 5) is 1.84. The van der Waals surface area contributed by atoms with E-state index in [0.717, 1.165) is 11.3 Å². The fourth-order valence-corrected chi connectivity index (χ4v) is 2.31. The molecule has 0 bridgehead atoms. The number of β-amino-alcohol motifs (C(OH)–C–C–N with tert-alkyl or cyclic N) is 2. The first-order valence-corrected chi connectivity index (χ1v) is 5.95. The molecule has 94 valence electrons. The number of aliphatic hydroxyl groups is 3. The average molecular weight is 258 g/mol. The zero-order chi connectivity index (χ0) is 12.6. The van der Waals surface area contributed by atoms with Gasteiger partial charge in [0.1, 0.15) is 0 Å². The van der Waals surface area contributed by atoms with Gasteiger partial charge in [-0.1, -0.05) is 17.7 Å². The molecule has 3 N–H and O–H groups in total. The van der Waals surface area contributed by atoms with Crippen LogP contribution in [0.25, 0.3) is 0 Å². The summed E-state index contributed by atoms with van der Waals surface area (Å²) in [5.74, 6) is 0. The number of hydrogen-bond donors (Lipinski definition) is 3. The molecule has 1 aliphatic heterocycles. The topological polar surface area (TPSA) is 63.9 Å². The van der Waals surface area contributed by atoms with Gasteiger partial charge in [-0.3, -0.25) is 0 Å². The van der Waals surface area contributed by atoms with Gasteiger partial charge < -0.3 is 20.2 Å². The molecule has 1 heterocycles. The van der Waals surface area contributed by atoms with Crippen molar-refractivity contribution in [3.05, 3.63) is 28.8 Å². The second-order valence-corrected chi connectivity index (χ2v) is 4.83. The molecule has 3 unspecified atom stereocenters. The molecule has 1 saturated heterocycles. The van der Waals surface area contributed by atoms with Crippen LogP contribution in [-0.2, 0) is 0 Å². The van der Waals surface area contributed by atoms with Gasteiger partial charge in [0, 0.05) is 13.1 Å². The van der Waals surface area contributed by atoms with Gasteiger partial charge in [0.05, 0.1) is 29.0 Å². The van der Waals surface area contributed by atoms with E-state index in [1.54, 1.807) is 25.1 Å². The van der Waals surface area contributed by atoms with E-state index in [1.807, 2.05) is 4.90 Å². The molecule has 5 heteroatoms. The maximum Gasteiger partial charge on any atom is 0.0990 e. The summed E-state index contributed by atoms with van der Waals surface area (Å²) in [6.45, 7) is 2.42. The van der Waals surface area contributed by atoms with Crippen LogP contribution in [0.1, 0.15) is 18.6 Å². The first-order valence-electron chi connectivity index (χ1n) is 5.57. The van der Waals surface area contributed by atoms with Gasteiger partial charge in [0.15, 0.2) is 0 Å². The second-order valence-electron chi connectivity index (χ2n) is 4.43. The molecule has 0 amide bonds. The zero-order valence-electron chi connectivity index (χ0n) is 9.55. The number of anilines is 1. The van der Waals surface area contributed by atoms with Crippen molar-refractivity contribution in [2.75, 3.05) is 18.0 Å². The lowest BCUT2D eigenvalue weighted by molar-refractivity contribution is 0.0572. The van der Waals surface area contributed by atoms with E-state index in [0.29, 0.717) is 18.1 Å². The van der Waals surface area contributed by atoms with Gasteiger partial charge >= 0.3 is 0 Å². The van der Waals surface area contributed by atoms with Crippen LogP contribution in [0.4, 0.5) is 5.69 Å². The van der Waals surface area contributed by atoms with Gasteiger partial charge in [-0.2, -0.15) is 0 Å². The van der Waals surface area contributed by atoms with Crippen LogP contribution >= 0.6 is 11.6 Å². The van der Waals surface area contributed by atoms with Crippen molar-refractivity contribution in [2.24, 2.45) is 0 Å². The van der Waals surface area contributed by atoms with Crippen molar-refractivity contribution in [3.8, 4) is 0 Å². The monoisotopic (exact) mass is 257 g/mol. The highest BCUT2D eigenvalue weighted by atomic mass is 35.5. The van der Waals surface area contributed by atoms with E-state index < -0.39 is 18.3 Å². The van der Waals surface area contributed by atoms with E-state index in [4.69, 9.17) is 11.6 Å². The quantitative estimate of drug-likeness (QED) is 0.738. The molecule has 17 heavy (non-hydrogen) atoms. The summed E-state index contributed by atoms with van der Waals surface area (Å²) >= 11 is 6.13. The second kappa shape index (κ2) is 4.82. The van der Waals surface area contributed by atoms with Gasteiger partial charge in [0.2, 0.25) is 0 Å². The summed E-state index contributed by atoms with van der Waals surface area (Å²) in [6, 6.07) is 5.30. The number of hydrogen-bond acceptors (Lipinski definition) is 4. The van der Waals surface area contributed by atoms with Gasteiger partial charge in [-0.25, -0.2) is 0 Å². The van der Waals surface area contributed by atoms with E-state index in [2.05, 4.69) is 0 Å². The Balaban J connectivity index is 2.23. The van der Waals surface area contributed by atoms with Crippen LogP contribution in [0, 0.1) is 0 Å². The Bertz CT molecular complexity index is 401. The number of rotatable bonds is 2. The lowest BCUT2D eigenvalue weighted by Crippen LogP contribution is -2.22. The minimum Gasteiger partial charge on any atom is -0.389 e. The number of aliphatic hydroxyl groups excluding tert-OH is 3. The van der Waals surface area contributed by atoms with Crippen LogP contribution in [0.5, 0.6) is 0 Å². The Labute approximate surface area is 105 Å². The highest BCUT2D eigenvalue weighted by Gasteiger charge is 2.30. The molecule has 3 atom stereocenters. The van der Waals surface area contributed by atoms with Crippen molar-refractivity contribution in [2.45, 2.75) is 25.2 Å². The normalized spacial score (nSPS) is 26.3. The number of benzene rings is 1. The smallest absolute Gasteiger partial charge is 0.0990 e. The zero-order valence-corrected chi connectivity index (χ0v) is 10.3. The van der Waals surface area contributed by atoms with Crippen molar-refractivity contribution in [1.82, 2.24) is 0 Å². The summed E-state index contributed by atoms with van der Waals surface area (Å²) in [5.41, 5.74) is 1.52. The van der Waals surface area contributed by atoms with Gasteiger partial charge in [-0.05, 0) is 24.6 Å². The van der Waals surface area contributed by atoms with Crippen LogP contribution in [-0.4, -0.2) is 40.6 Å². The molecule has 4 nitrogen and oxygen atoms in total. The molecular formula is C12H16ClNO3. The van der Waals surface area contributed by atoms with Crippen LogP contribution < -0.4 is 4.90 Å². The molecule has 0 saturated carbocycles. The van der Waals surface area contributed by atoms with E-state index in [1.165, 1.54) is 0 Å². The number of nitrogens with zero attached hydrogens (tertiary/aromatic N) is 1. The maximum absolute atomic E-state index is 9.49. The molecular weight excluding hydrogens is 242 g/mol. The van der Waals surface area contributed by atoms with Crippen LogP contribution in [0.15, 0.2) is 18.2 Å². The summed E-state index contributed by atoms with van der Waals surface area (Å²) in [7, 11) is 0. The predicted molar refractivity (Wildman–Crippen MR) is 66.3 cm³/mol. The summed E-state index contributed by atoms with van der Waals surface area (Å²) in [6.07, 6.45) is -2.03. The molecule has 0 spiro atoms. The minimum atomic E-state index is -0.734. The van der Waals surface area contributed by atoms with E-state index in [-0.39, 0.29) is 0 Å². The molecule has 0 radical (unpaired) electrons. The third kappa shape index (κ3) is 2.55. The molecule has 0 aliphatic carbocycles. The Kier molecular flexibility index (Phi) is 3.58. The van der Waals surface area contributed by atoms with Crippen molar-refractivity contribution < 1.29 is 15.3 Å². The van der Waals surface area contributed by atoms with Crippen molar-refractivity contribution >= 4 is 17.3 Å². The molecule has 1 fully saturated rings. The van der Waals surface area contributed by atoms with Crippen LogP contribution in [0.3, 0.4) is 0 Å². The summed E-state index contributed by atoms with van der Waals surface area (Å²) in [5, 5.41) is 28.9. The minimum absolute atomic E-state index is 0.370. The predicted octanol–water partition coefficient (Wildman–Crippen LogP) is 0.935. The fourth-order valence-electron chi connectivity index (χ4n) is 2.01. The highest BCUT2D eigenvalue weighted by molar-refractivity contribution is 6.33. The maximum atomic E-state index is 9.49. The molecule has 2 rings (SSSR count).